The fourth-order valence-electron chi connectivity index (χ4n) is 2.38. The highest BCUT2D eigenvalue weighted by molar-refractivity contribution is 7.16. The summed E-state index contributed by atoms with van der Waals surface area (Å²) in [5.74, 6) is 0.399. The van der Waals surface area contributed by atoms with Crippen LogP contribution in [0.1, 0.15) is 37.5 Å². The molecule has 24 heavy (non-hydrogen) atoms. The zero-order valence-corrected chi connectivity index (χ0v) is 15.0. The summed E-state index contributed by atoms with van der Waals surface area (Å²) in [6.45, 7) is 11.2. The third kappa shape index (κ3) is 3.74. The molecule has 1 aliphatic carbocycles. The predicted octanol–water partition coefficient (Wildman–Crippen LogP) is 4.96. The van der Waals surface area contributed by atoms with Crippen LogP contribution in [0, 0.1) is 0 Å². The van der Waals surface area contributed by atoms with Gasteiger partial charge in [-0.05, 0) is 37.0 Å². The molecule has 0 spiro atoms. The third-order valence-corrected chi connectivity index (χ3v) is 4.68. The van der Waals surface area contributed by atoms with Gasteiger partial charge in [-0.15, -0.1) is 11.3 Å². The van der Waals surface area contributed by atoms with E-state index in [2.05, 4.69) is 18.1 Å². The highest BCUT2D eigenvalue weighted by Gasteiger charge is 2.29. The predicted molar refractivity (Wildman–Crippen MR) is 103 cm³/mol. The molecule has 1 amide bonds. The number of thiazole rings is 1. The second-order valence-corrected chi connectivity index (χ2v) is 6.24. The van der Waals surface area contributed by atoms with Gasteiger partial charge in [0.2, 0.25) is 0 Å². The van der Waals surface area contributed by atoms with Crippen molar-refractivity contribution in [2.75, 3.05) is 10.6 Å². The topological polar surface area (TPSA) is 59.2 Å². The van der Waals surface area contributed by atoms with Gasteiger partial charge in [0.15, 0.2) is 5.13 Å². The molecule has 5 heteroatoms. The molecule has 0 saturated heterocycles. The molecule has 1 fully saturated rings. The van der Waals surface area contributed by atoms with Crippen molar-refractivity contribution < 1.29 is 4.79 Å². The Morgan fingerprint density at radius 1 is 1.29 bits per heavy atom. The van der Waals surface area contributed by atoms with Gasteiger partial charge in [0.25, 0.3) is 5.91 Å². The van der Waals surface area contributed by atoms with Crippen LogP contribution >= 0.6 is 11.3 Å². The summed E-state index contributed by atoms with van der Waals surface area (Å²) in [6.07, 6.45) is 5.17. The zero-order valence-electron chi connectivity index (χ0n) is 14.2. The van der Waals surface area contributed by atoms with Gasteiger partial charge in [0, 0.05) is 22.3 Å². The second kappa shape index (κ2) is 7.93. The van der Waals surface area contributed by atoms with Gasteiger partial charge in [0.05, 0.1) is 5.69 Å². The highest BCUT2D eigenvalue weighted by Crippen LogP contribution is 2.47. The summed E-state index contributed by atoms with van der Waals surface area (Å²) in [7, 11) is 0. The zero-order chi connectivity index (χ0) is 17.7. The summed E-state index contributed by atoms with van der Waals surface area (Å²) in [4.78, 5) is 19.0. The SMILES string of the molecule is C=CC(=O)N(C=C)c1ccc(-c2nc(N)sc2C2CC2)cc1.CC. The van der Waals surface area contributed by atoms with Crippen molar-refractivity contribution in [3.05, 3.63) is 54.6 Å². The molecule has 2 N–H and O–H groups in total. The number of nitrogens with two attached hydrogens (primary N) is 1. The van der Waals surface area contributed by atoms with E-state index < -0.39 is 0 Å². The summed E-state index contributed by atoms with van der Waals surface area (Å²) >= 11 is 1.58. The normalized spacial score (nSPS) is 12.8. The number of benzene rings is 1. The van der Waals surface area contributed by atoms with Crippen LogP contribution in [0.25, 0.3) is 11.3 Å². The minimum atomic E-state index is -0.209. The van der Waals surface area contributed by atoms with Crippen molar-refractivity contribution in [2.45, 2.75) is 32.6 Å². The number of nitrogen functional groups attached to an aromatic ring is 1. The molecule has 0 radical (unpaired) electrons. The first kappa shape index (κ1) is 17.9. The number of carbonyl (C=O) groups is 1. The molecule has 0 atom stereocenters. The van der Waals surface area contributed by atoms with Crippen LogP contribution in [0.5, 0.6) is 0 Å². The van der Waals surface area contributed by atoms with Gasteiger partial charge in [-0.3, -0.25) is 9.69 Å². The Hall–Kier alpha value is -2.40. The Labute approximate surface area is 147 Å². The van der Waals surface area contributed by atoms with E-state index in [1.165, 1.54) is 34.9 Å². The van der Waals surface area contributed by atoms with E-state index in [0.29, 0.717) is 11.0 Å². The lowest BCUT2D eigenvalue weighted by Gasteiger charge is -2.16. The van der Waals surface area contributed by atoms with Crippen LogP contribution in [0.2, 0.25) is 0 Å². The lowest BCUT2D eigenvalue weighted by Crippen LogP contribution is -2.22. The molecular formula is C19H23N3OS. The maximum Gasteiger partial charge on any atom is 0.254 e. The average Bonchev–Trinajstić information content (AvgIpc) is 3.40. The summed E-state index contributed by atoms with van der Waals surface area (Å²) in [5, 5.41) is 0.607. The van der Waals surface area contributed by atoms with Crippen LogP contribution in [0.4, 0.5) is 10.8 Å². The smallest absolute Gasteiger partial charge is 0.254 e. The molecule has 4 nitrogen and oxygen atoms in total. The molecule has 126 valence electrons. The highest BCUT2D eigenvalue weighted by atomic mass is 32.1. The molecule has 0 bridgehead atoms. The molecule has 0 aliphatic heterocycles. The average molecular weight is 341 g/mol. The Morgan fingerprint density at radius 2 is 1.92 bits per heavy atom. The molecule has 0 unspecified atom stereocenters. The number of rotatable bonds is 5. The molecular weight excluding hydrogens is 318 g/mol. The Balaban J connectivity index is 0.00000100. The van der Waals surface area contributed by atoms with Crippen LogP contribution in [-0.2, 0) is 4.79 Å². The first-order valence-electron chi connectivity index (χ1n) is 8.09. The fourth-order valence-corrected chi connectivity index (χ4v) is 3.40. The number of carbonyl (C=O) groups excluding carboxylic acids is 1. The largest absolute Gasteiger partial charge is 0.375 e. The Morgan fingerprint density at radius 3 is 2.42 bits per heavy atom. The number of anilines is 2. The Bertz CT molecular complexity index is 730. The molecule has 1 heterocycles. The summed E-state index contributed by atoms with van der Waals surface area (Å²) in [5.41, 5.74) is 8.61. The van der Waals surface area contributed by atoms with Crippen molar-refractivity contribution in [1.82, 2.24) is 4.98 Å². The fraction of sp³-hybridized carbons (Fsp3) is 0.263. The summed E-state index contributed by atoms with van der Waals surface area (Å²) in [6, 6.07) is 7.68. The van der Waals surface area contributed by atoms with Gasteiger partial charge in [0.1, 0.15) is 0 Å². The minimum absolute atomic E-state index is 0.209. The maximum atomic E-state index is 11.8. The first-order valence-corrected chi connectivity index (χ1v) is 8.90. The molecule has 1 saturated carbocycles. The van der Waals surface area contributed by atoms with Crippen molar-refractivity contribution in [3.8, 4) is 11.3 Å². The van der Waals surface area contributed by atoms with E-state index in [9.17, 15) is 4.79 Å². The van der Waals surface area contributed by atoms with Gasteiger partial charge < -0.3 is 5.73 Å². The van der Waals surface area contributed by atoms with Crippen molar-refractivity contribution in [2.24, 2.45) is 0 Å². The minimum Gasteiger partial charge on any atom is -0.375 e. The first-order chi connectivity index (χ1) is 11.6. The number of aromatic nitrogens is 1. The van der Waals surface area contributed by atoms with Crippen LogP contribution in [0.3, 0.4) is 0 Å². The monoisotopic (exact) mass is 341 g/mol. The van der Waals surface area contributed by atoms with E-state index in [4.69, 9.17) is 5.73 Å². The number of hydrogen-bond donors (Lipinski definition) is 1. The summed E-state index contributed by atoms with van der Waals surface area (Å²) < 4.78 is 0. The number of hydrogen-bond acceptors (Lipinski definition) is 4. The molecule has 1 aromatic heterocycles. The molecule has 1 aromatic carbocycles. The lowest BCUT2D eigenvalue weighted by molar-refractivity contribution is -0.113. The van der Waals surface area contributed by atoms with E-state index in [1.807, 2.05) is 38.1 Å². The van der Waals surface area contributed by atoms with Crippen LogP contribution in [0.15, 0.2) is 49.7 Å². The van der Waals surface area contributed by atoms with E-state index >= 15 is 0 Å². The van der Waals surface area contributed by atoms with Gasteiger partial charge in [-0.25, -0.2) is 4.98 Å². The quantitative estimate of drug-likeness (QED) is 0.782. The van der Waals surface area contributed by atoms with Crippen LogP contribution in [-0.4, -0.2) is 10.9 Å². The van der Waals surface area contributed by atoms with Gasteiger partial charge >= 0.3 is 0 Å². The van der Waals surface area contributed by atoms with E-state index in [0.717, 1.165) is 16.9 Å². The number of nitrogens with zero attached hydrogens (tertiary/aromatic N) is 2. The molecule has 2 aromatic rings. The third-order valence-electron chi connectivity index (χ3n) is 3.63. The van der Waals surface area contributed by atoms with Gasteiger partial charge in [-0.1, -0.05) is 39.1 Å². The van der Waals surface area contributed by atoms with E-state index in [-0.39, 0.29) is 5.91 Å². The van der Waals surface area contributed by atoms with E-state index in [1.54, 1.807) is 11.3 Å². The standard InChI is InChI=1S/C17H17N3OS.C2H6/c1-3-14(21)20(4-2)13-9-7-11(8-10-13)15-16(12-5-6-12)22-17(18)19-15;1-2/h3-4,7-10,12H,1-2,5-6H2,(H2,18,19);1-2H3. The van der Waals surface area contributed by atoms with Crippen molar-refractivity contribution in [1.29, 1.82) is 0 Å². The van der Waals surface area contributed by atoms with Crippen molar-refractivity contribution >= 4 is 28.1 Å². The van der Waals surface area contributed by atoms with Gasteiger partial charge in [-0.2, -0.15) is 0 Å². The lowest BCUT2D eigenvalue weighted by atomic mass is 10.1. The number of amides is 1. The van der Waals surface area contributed by atoms with Crippen LogP contribution < -0.4 is 10.6 Å². The Kier molecular flexibility index (Phi) is 5.93. The van der Waals surface area contributed by atoms with Crippen molar-refractivity contribution in [3.63, 3.8) is 0 Å². The maximum absolute atomic E-state index is 11.8. The second-order valence-electron chi connectivity index (χ2n) is 5.18. The molecule has 1 aliphatic rings. The molecule has 3 rings (SSSR count).